The van der Waals surface area contributed by atoms with Gasteiger partial charge in [-0.25, -0.2) is 14.2 Å². The maximum atomic E-state index is 12.9. The van der Waals surface area contributed by atoms with Crippen molar-refractivity contribution in [2.45, 2.75) is 0 Å². The minimum absolute atomic E-state index is 0.107. The van der Waals surface area contributed by atoms with Gasteiger partial charge in [0.15, 0.2) is 12.1 Å². The van der Waals surface area contributed by atoms with Gasteiger partial charge in [0.1, 0.15) is 5.69 Å². The molecule has 0 aliphatic rings. The first-order chi connectivity index (χ1) is 6.63. The van der Waals surface area contributed by atoms with E-state index in [9.17, 15) is 14.0 Å². The number of aldehydes is 1. The lowest BCUT2D eigenvalue weighted by Crippen LogP contribution is -1.94. The van der Waals surface area contributed by atoms with Crippen LogP contribution in [-0.2, 0) is 4.79 Å². The number of carbonyl (C=O) groups is 2. The topological polar surface area (TPSA) is 67.3 Å². The Kier molecular flexibility index (Phi) is 2.92. The van der Waals surface area contributed by atoms with E-state index in [4.69, 9.17) is 5.11 Å². The van der Waals surface area contributed by atoms with Gasteiger partial charge in [0.25, 0.3) is 0 Å². The standard InChI is InChI=1S/C9H4FNO3/c10-7-3-6(1-2-9(13)14)4-11-8(7)5-12/h3-5H,(H,13,14). The molecular weight excluding hydrogens is 189 g/mol. The predicted molar refractivity (Wildman–Crippen MR) is 44.1 cm³/mol. The van der Waals surface area contributed by atoms with E-state index in [0.717, 1.165) is 12.3 Å². The molecule has 1 aromatic rings. The molecule has 1 heterocycles. The third-order valence-electron chi connectivity index (χ3n) is 1.30. The van der Waals surface area contributed by atoms with Crippen LogP contribution in [0.1, 0.15) is 16.1 Å². The van der Waals surface area contributed by atoms with Crippen molar-refractivity contribution in [2.24, 2.45) is 0 Å². The molecule has 4 nitrogen and oxygen atoms in total. The molecular formula is C9H4FNO3. The number of halogens is 1. The van der Waals surface area contributed by atoms with Gasteiger partial charge in [0, 0.05) is 17.7 Å². The van der Waals surface area contributed by atoms with E-state index in [2.05, 4.69) is 10.9 Å². The van der Waals surface area contributed by atoms with Gasteiger partial charge < -0.3 is 5.11 Å². The summed E-state index contributed by atoms with van der Waals surface area (Å²) in [4.78, 5) is 23.6. The second-order valence-corrected chi connectivity index (χ2v) is 2.26. The van der Waals surface area contributed by atoms with E-state index in [1.807, 2.05) is 0 Å². The fourth-order valence-corrected chi connectivity index (χ4v) is 0.729. The summed E-state index contributed by atoms with van der Waals surface area (Å²) in [6.45, 7) is 0. The molecule has 0 aromatic carbocycles. The van der Waals surface area contributed by atoms with Crippen LogP contribution in [0.15, 0.2) is 12.3 Å². The SMILES string of the molecule is O=Cc1ncc(C#CC(=O)O)cc1F. The van der Waals surface area contributed by atoms with Crippen LogP contribution in [0.5, 0.6) is 0 Å². The average Bonchev–Trinajstić information content (AvgIpc) is 2.15. The largest absolute Gasteiger partial charge is 0.472 e. The molecule has 0 unspecified atom stereocenters. The van der Waals surface area contributed by atoms with Crippen molar-refractivity contribution >= 4 is 12.3 Å². The van der Waals surface area contributed by atoms with Gasteiger partial charge in [-0.2, -0.15) is 0 Å². The molecule has 0 aliphatic heterocycles. The van der Waals surface area contributed by atoms with Crippen LogP contribution in [0.3, 0.4) is 0 Å². The van der Waals surface area contributed by atoms with E-state index in [1.54, 1.807) is 5.92 Å². The van der Waals surface area contributed by atoms with Gasteiger partial charge in [-0.15, -0.1) is 0 Å². The lowest BCUT2D eigenvalue weighted by atomic mass is 10.2. The van der Waals surface area contributed by atoms with Crippen LogP contribution in [0, 0.1) is 17.7 Å². The van der Waals surface area contributed by atoms with Crippen LogP contribution in [0.4, 0.5) is 4.39 Å². The predicted octanol–water partition coefficient (Wildman–Crippen LogP) is 0.469. The van der Waals surface area contributed by atoms with Crippen molar-refractivity contribution in [3.8, 4) is 11.8 Å². The number of nitrogens with zero attached hydrogens (tertiary/aromatic N) is 1. The molecule has 0 saturated carbocycles. The number of carbonyl (C=O) groups excluding carboxylic acids is 1. The highest BCUT2D eigenvalue weighted by Crippen LogP contribution is 2.03. The fraction of sp³-hybridized carbons (Fsp3) is 0. The molecule has 1 rings (SSSR count). The zero-order valence-corrected chi connectivity index (χ0v) is 6.82. The van der Waals surface area contributed by atoms with Crippen LogP contribution in [-0.4, -0.2) is 22.3 Å². The highest BCUT2D eigenvalue weighted by Gasteiger charge is 2.02. The van der Waals surface area contributed by atoms with Crippen LogP contribution in [0.2, 0.25) is 0 Å². The molecule has 0 aliphatic carbocycles. The third-order valence-corrected chi connectivity index (χ3v) is 1.30. The van der Waals surface area contributed by atoms with Crippen LogP contribution < -0.4 is 0 Å². The molecule has 0 atom stereocenters. The van der Waals surface area contributed by atoms with Gasteiger partial charge in [-0.1, -0.05) is 5.92 Å². The second-order valence-electron chi connectivity index (χ2n) is 2.26. The summed E-state index contributed by atoms with van der Waals surface area (Å²) in [5.74, 6) is 1.83. The third kappa shape index (κ3) is 2.38. The lowest BCUT2D eigenvalue weighted by molar-refractivity contribution is -0.130. The molecule has 0 saturated heterocycles. The number of carboxylic acids is 1. The average molecular weight is 193 g/mol. The van der Waals surface area contributed by atoms with Gasteiger partial charge in [-0.05, 0) is 6.07 Å². The molecule has 0 amide bonds. The molecule has 0 radical (unpaired) electrons. The Balaban J connectivity index is 3.05. The molecule has 5 heteroatoms. The van der Waals surface area contributed by atoms with Crippen molar-refractivity contribution < 1.29 is 19.1 Å². The first-order valence-electron chi connectivity index (χ1n) is 3.49. The molecule has 0 spiro atoms. The van der Waals surface area contributed by atoms with Gasteiger partial charge >= 0.3 is 5.97 Å². The number of aliphatic carboxylic acids is 1. The highest BCUT2D eigenvalue weighted by molar-refractivity contribution is 5.87. The van der Waals surface area contributed by atoms with E-state index >= 15 is 0 Å². The van der Waals surface area contributed by atoms with Gasteiger partial charge in [-0.3, -0.25) is 4.79 Å². The Labute approximate surface area is 78.4 Å². The first-order valence-corrected chi connectivity index (χ1v) is 3.49. The van der Waals surface area contributed by atoms with Crippen molar-refractivity contribution in [3.63, 3.8) is 0 Å². The monoisotopic (exact) mass is 193 g/mol. The molecule has 1 aromatic heterocycles. The van der Waals surface area contributed by atoms with E-state index in [-0.39, 0.29) is 17.5 Å². The normalized spacial score (nSPS) is 8.64. The van der Waals surface area contributed by atoms with Crippen molar-refractivity contribution in [3.05, 3.63) is 29.3 Å². The molecule has 1 N–H and O–H groups in total. The Hall–Kier alpha value is -2.22. The Morgan fingerprint density at radius 1 is 1.64 bits per heavy atom. The van der Waals surface area contributed by atoms with Gasteiger partial charge in [0.05, 0.1) is 0 Å². The molecule has 70 valence electrons. The minimum atomic E-state index is -1.31. The minimum Gasteiger partial charge on any atom is -0.472 e. The zero-order valence-electron chi connectivity index (χ0n) is 6.82. The maximum absolute atomic E-state index is 12.9. The number of aromatic nitrogens is 1. The summed E-state index contributed by atoms with van der Waals surface area (Å²) in [6, 6.07) is 0.951. The number of hydrogen-bond acceptors (Lipinski definition) is 3. The van der Waals surface area contributed by atoms with Crippen LogP contribution in [0.25, 0.3) is 0 Å². The molecule has 0 fully saturated rings. The van der Waals surface area contributed by atoms with E-state index < -0.39 is 11.8 Å². The fourth-order valence-electron chi connectivity index (χ4n) is 0.729. The summed E-state index contributed by atoms with van der Waals surface area (Å²) in [5, 5.41) is 8.20. The van der Waals surface area contributed by atoms with E-state index in [1.165, 1.54) is 0 Å². The van der Waals surface area contributed by atoms with E-state index in [0.29, 0.717) is 0 Å². The first kappa shape index (κ1) is 9.86. The van der Waals surface area contributed by atoms with Crippen molar-refractivity contribution in [1.82, 2.24) is 4.98 Å². The van der Waals surface area contributed by atoms with Crippen molar-refractivity contribution in [1.29, 1.82) is 0 Å². The summed E-state index contributed by atoms with van der Waals surface area (Å²) < 4.78 is 12.9. The maximum Gasteiger partial charge on any atom is 0.382 e. The second kappa shape index (κ2) is 4.14. The van der Waals surface area contributed by atoms with Crippen LogP contribution >= 0.6 is 0 Å². The summed E-state index contributed by atoms with van der Waals surface area (Å²) in [5.41, 5.74) is -0.221. The smallest absolute Gasteiger partial charge is 0.382 e. The number of rotatable bonds is 1. The highest BCUT2D eigenvalue weighted by atomic mass is 19.1. The molecule has 0 bridgehead atoms. The Morgan fingerprint density at radius 3 is 2.86 bits per heavy atom. The number of hydrogen-bond donors (Lipinski definition) is 1. The Bertz CT molecular complexity index is 445. The quantitative estimate of drug-likeness (QED) is 0.520. The Morgan fingerprint density at radius 2 is 2.36 bits per heavy atom. The zero-order chi connectivity index (χ0) is 10.6. The van der Waals surface area contributed by atoms with Gasteiger partial charge in [0.2, 0.25) is 0 Å². The van der Waals surface area contributed by atoms with Crippen molar-refractivity contribution in [2.75, 3.05) is 0 Å². The summed E-state index contributed by atoms with van der Waals surface area (Å²) >= 11 is 0. The number of pyridine rings is 1. The number of carboxylic acid groups (broad SMARTS) is 1. The summed E-state index contributed by atoms with van der Waals surface area (Å²) in [7, 11) is 0. The summed E-state index contributed by atoms with van der Waals surface area (Å²) in [6.07, 6.45) is 1.40. The lowest BCUT2D eigenvalue weighted by Gasteiger charge is -1.93. The molecule has 14 heavy (non-hydrogen) atoms.